The molecule has 1 heterocycles. The molecule has 0 aromatic heterocycles. The Labute approximate surface area is 321 Å². The Morgan fingerprint density at radius 2 is 0.764 bits per heavy atom. The molecular weight excluding hydrogens is 667 g/mol. The van der Waals surface area contributed by atoms with Gasteiger partial charge in [-0.1, -0.05) is 158 Å². The van der Waals surface area contributed by atoms with Crippen molar-refractivity contribution in [3.05, 3.63) is 235 Å². The molecule has 9 aromatic rings. The zero-order valence-electron chi connectivity index (χ0n) is 30.1. The summed E-state index contributed by atoms with van der Waals surface area (Å²) in [5, 5.41) is 2.38. The van der Waals surface area contributed by atoms with E-state index in [4.69, 9.17) is 4.74 Å². The molecule has 9 aromatic carbocycles. The van der Waals surface area contributed by atoms with Gasteiger partial charge in [0.2, 0.25) is 0 Å². The van der Waals surface area contributed by atoms with Crippen molar-refractivity contribution >= 4 is 27.8 Å². The van der Waals surface area contributed by atoms with Gasteiger partial charge in [0, 0.05) is 28.2 Å². The largest absolute Gasteiger partial charge is 0.457 e. The minimum absolute atomic E-state index is 0.505. The Morgan fingerprint density at radius 3 is 1.40 bits per heavy atom. The predicted molar refractivity (Wildman–Crippen MR) is 227 cm³/mol. The van der Waals surface area contributed by atoms with Crippen molar-refractivity contribution in [1.29, 1.82) is 0 Å². The van der Waals surface area contributed by atoms with Gasteiger partial charge in [-0.3, -0.25) is 0 Å². The molecule has 11 rings (SSSR count). The molecule has 0 amide bonds. The minimum atomic E-state index is -0.505. The van der Waals surface area contributed by atoms with Crippen LogP contribution in [-0.2, 0) is 5.41 Å². The molecule has 1 aliphatic carbocycles. The molecule has 0 saturated heterocycles. The number of para-hydroxylation sites is 1. The average Bonchev–Trinajstić information content (AvgIpc) is 3.55. The van der Waals surface area contributed by atoms with Gasteiger partial charge in [-0.05, 0) is 110 Å². The fourth-order valence-electron chi connectivity index (χ4n) is 9.03. The third kappa shape index (κ3) is 4.89. The normalized spacial score (nSPS) is 13.0. The molecule has 2 nitrogen and oxygen atoms in total. The van der Waals surface area contributed by atoms with Gasteiger partial charge in [0.15, 0.2) is 0 Å². The van der Waals surface area contributed by atoms with Gasteiger partial charge in [-0.25, -0.2) is 0 Å². The van der Waals surface area contributed by atoms with E-state index in [1.807, 2.05) is 0 Å². The summed E-state index contributed by atoms with van der Waals surface area (Å²) in [7, 11) is 0. The number of anilines is 3. The Bertz CT molecular complexity index is 2830. The smallest absolute Gasteiger partial charge is 0.132 e. The zero-order chi connectivity index (χ0) is 36.3. The molecule has 0 bridgehead atoms. The number of benzene rings is 9. The molecule has 0 fully saturated rings. The maximum Gasteiger partial charge on any atom is 0.132 e. The molecule has 258 valence electrons. The number of ether oxygens (including phenoxy) is 1. The minimum Gasteiger partial charge on any atom is -0.457 e. The SMILES string of the molecule is c1ccc(-c2ccc(N(c3ccccc3)c3ccc(-c4ccc5c(c4)Oc4cc6ccccc6cc4C54c5ccccc5-c5ccccc54)cc3)cc2)cc1. The van der Waals surface area contributed by atoms with Gasteiger partial charge >= 0.3 is 0 Å². The van der Waals surface area contributed by atoms with Crippen LogP contribution < -0.4 is 9.64 Å². The maximum absolute atomic E-state index is 6.98. The zero-order valence-corrected chi connectivity index (χ0v) is 30.1. The van der Waals surface area contributed by atoms with Crippen molar-refractivity contribution in [3.63, 3.8) is 0 Å². The number of fused-ring (bicyclic) bond motifs is 10. The second kappa shape index (κ2) is 12.5. The van der Waals surface area contributed by atoms with E-state index in [0.717, 1.165) is 39.7 Å². The molecule has 55 heavy (non-hydrogen) atoms. The van der Waals surface area contributed by atoms with E-state index >= 15 is 0 Å². The first-order valence-corrected chi connectivity index (χ1v) is 18.9. The maximum atomic E-state index is 6.98. The van der Waals surface area contributed by atoms with Gasteiger partial charge < -0.3 is 9.64 Å². The van der Waals surface area contributed by atoms with Crippen LogP contribution in [0.2, 0.25) is 0 Å². The molecular formula is C53H35NO. The van der Waals surface area contributed by atoms with E-state index in [-0.39, 0.29) is 0 Å². The van der Waals surface area contributed by atoms with E-state index in [1.165, 1.54) is 55.3 Å². The molecule has 0 N–H and O–H groups in total. The van der Waals surface area contributed by atoms with Crippen molar-refractivity contribution in [3.8, 4) is 44.9 Å². The molecule has 0 radical (unpaired) electrons. The first kappa shape index (κ1) is 31.4. The highest BCUT2D eigenvalue weighted by molar-refractivity contribution is 5.93. The standard InChI is InChI=1S/C53H35NO/c1-3-13-36(14-4-1)37-23-28-43(29-24-37)54(42-17-5-2-6-18-42)44-30-25-38(26-31-44)41-27-32-49-51(35-41)55-52-34-40-16-8-7-15-39(40)33-50(52)53(49)47-21-11-9-19-45(47)46-20-10-12-22-48(46)53/h1-35H. The second-order valence-electron chi connectivity index (χ2n) is 14.5. The highest BCUT2D eigenvalue weighted by Gasteiger charge is 2.51. The third-order valence-corrected chi connectivity index (χ3v) is 11.5. The van der Waals surface area contributed by atoms with Crippen molar-refractivity contribution in [2.45, 2.75) is 5.41 Å². The Balaban J connectivity index is 1.02. The van der Waals surface area contributed by atoms with Gasteiger partial charge in [-0.2, -0.15) is 0 Å². The topological polar surface area (TPSA) is 12.5 Å². The van der Waals surface area contributed by atoms with E-state index < -0.39 is 5.41 Å². The lowest BCUT2D eigenvalue weighted by Crippen LogP contribution is -2.32. The summed E-state index contributed by atoms with van der Waals surface area (Å²) in [5.74, 6) is 1.79. The lowest BCUT2D eigenvalue weighted by atomic mass is 9.65. The highest BCUT2D eigenvalue weighted by atomic mass is 16.5. The lowest BCUT2D eigenvalue weighted by molar-refractivity contribution is 0.437. The molecule has 2 aliphatic rings. The lowest BCUT2D eigenvalue weighted by Gasteiger charge is -2.39. The van der Waals surface area contributed by atoms with Crippen LogP contribution in [0.25, 0.3) is 44.2 Å². The third-order valence-electron chi connectivity index (χ3n) is 11.5. The van der Waals surface area contributed by atoms with Crippen molar-refractivity contribution in [2.75, 3.05) is 4.90 Å². The van der Waals surface area contributed by atoms with E-state index in [9.17, 15) is 0 Å². The summed E-state index contributed by atoms with van der Waals surface area (Å²) < 4.78 is 6.98. The van der Waals surface area contributed by atoms with Crippen LogP contribution in [-0.4, -0.2) is 0 Å². The molecule has 1 aliphatic heterocycles. The van der Waals surface area contributed by atoms with Crippen LogP contribution in [0.4, 0.5) is 17.1 Å². The van der Waals surface area contributed by atoms with Gasteiger partial charge in [0.25, 0.3) is 0 Å². The van der Waals surface area contributed by atoms with E-state index in [0.29, 0.717) is 0 Å². The van der Waals surface area contributed by atoms with Crippen LogP contribution in [0.3, 0.4) is 0 Å². The summed E-state index contributed by atoms with van der Waals surface area (Å²) in [6, 6.07) is 76.6. The first-order chi connectivity index (χ1) is 27.3. The summed E-state index contributed by atoms with van der Waals surface area (Å²) in [4.78, 5) is 2.31. The van der Waals surface area contributed by atoms with Crippen molar-refractivity contribution in [2.24, 2.45) is 0 Å². The quantitative estimate of drug-likeness (QED) is 0.177. The second-order valence-corrected chi connectivity index (χ2v) is 14.5. The van der Waals surface area contributed by atoms with Gasteiger partial charge in [-0.15, -0.1) is 0 Å². The van der Waals surface area contributed by atoms with E-state index in [1.54, 1.807) is 0 Å². The average molecular weight is 702 g/mol. The van der Waals surface area contributed by atoms with Crippen LogP contribution in [0.1, 0.15) is 22.3 Å². The molecule has 2 heteroatoms. The summed E-state index contributed by atoms with van der Waals surface area (Å²) in [6.45, 7) is 0. The van der Waals surface area contributed by atoms with E-state index in [2.05, 4.69) is 217 Å². The van der Waals surface area contributed by atoms with Crippen LogP contribution in [0, 0.1) is 0 Å². The number of hydrogen-bond donors (Lipinski definition) is 0. The Hall–Kier alpha value is -7.16. The van der Waals surface area contributed by atoms with Crippen molar-refractivity contribution < 1.29 is 4.74 Å². The van der Waals surface area contributed by atoms with Gasteiger partial charge in [0.05, 0.1) is 5.41 Å². The van der Waals surface area contributed by atoms with Crippen LogP contribution in [0.5, 0.6) is 11.5 Å². The summed E-state index contributed by atoms with van der Waals surface area (Å²) in [5.41, 5.74) is 15.0. The monoisotopic (exact) mass is 701 g/mol. The molecule has 0 saturated carbocycles. The van der Waals surface area contributed by atoms with Gasteiger partial charge in [0.1, 0.15) is 11.5 Å². The molecule has 0 atom stereocenters. The first-order valence-electron chi connectivity index (χ1n) is 18.9. The Morgan fingerprint density at radius 1 is 0.309 bits per heavy atom. The predicted octanol–water partition coefficient (Wildman–Crippen LogP) is 14.1. The Kier molecular flexibility index (Phi) is 7.11. The van der Waals surface area contributed by atoms with Crippen LogP contribution >= 0.6 is 0 Å². The fourth-order valence-corrected chi connectivity index (χ4v) is 9.03. The summed E-state index contributed by atoms with van der Waals surface area (Å²) in [6.07, 6.45) is 0. The number of rotatable bonds is 5. The van der Waals surface area contributed by atoms with Crippen LogP contribution in [0.15, 0.2) is 212 Å². The summed E-state index contributed by atoms with van der Waals surface area (Å²) >= 11 is 0. The fraction of sp³-hybridized carbons (Fsp3) is 0.0189. The number of hydrogen-bond acceptors (Lipinski definition) is 2. The number of nitrogens with zero attached hydrogens (tertiary/aromatic N) is 1. The highest BCUT2D eigenvalue weighted by Crippen LogP contribution is 2.62. The van der Waals surface area contributed by atoms with Crippen molar-refractivity contribution in [1.82, 2.24) is 0 Å². The molecule has 0 unspecified atom stereocenters. The molecule has 1 spiro atoms.